The second-order valence-electron chi connectivity index (χ2n) is 2.99. The summed E-state index contributed by atoms with van der Waals surface area (Å²) in [4.78, 5) is 0. The van der Waals surface area contributed by atoms with E-state index < -0.39 is 5.67 Å². The predicted molar refractivity (Wildman–Crippen MR) is 46.7 cm³/mol. The van der Waals surface area contributed by atoms with Gasteiger partial charge < -0.3 is 9.73 Å². The van der Waals surface area contributed by atoms with E-state index in [0.717, 1.165) is 0 Å². The van der Waals surface area contributed by atoms with Crippen LogP contribution in [0.5, 0.6) is 0 Å². The molecule has 1 N–H and O–H groups in total. The summed E-state index contributed by atoms with van der Waals surface area (Å²) < 4.78 is 19.8. The van der Waals surface area contributed by atoms with E-state index >= 15 is 0 Å². The zero-order valence-electron chi connectivity index (χ0n) is 6.44. The molecule has 1 aliphatic rings. The highest BCUT2D eigenvalue weighted by molar-refractivity contribution is 9.10. The largest absolute Gasteiger partial charge is 0.465 e. The Labute approximate surface area is 78.3 Å². The van der Waals surface area contributed by atoms with Crippen LogP contribution in [0.3, 0.4) is 0 Å². The second kappa shape index (κ2) is 2.85. The summed E-state index contributed by atoms with van der Waals surface area (Å²) in [5, 5.41) is 2.97. The molecule has 0 amide bonds. The van der Waals surface area contributed by atoms with Crippen molar-refractivity contribution in [3.63, 3.8) is 0 Å². The fourth-order valence-electron chi connectivity index (χ4n) is 1.47. The zero-order valence-corrected chi connectivity index (χ0v) is 8.03. The van der Waals surface area contributed by atoms with Gasteiger partial charge in [0, 0.05) is 13.0 Å². The van der Waals surface area contributed by atoms with Crippen molar-refractivity contribution in [2.24, 2.45) is 0 Å². The van der Waals surface area contributed by atoms with Crippen LogP contribution in [0.2, 0.25) is 0 Å². The van der Waals surface area contributed by atoms with Gasteiger partial charge in [0.05, 0.1) is 10.7 Å². The molecular formula is C8H9BrFNO. The Morgan fingerprint density at radius 2 is 2.50 bits per heavy atom. The van der Waals surface area contributed by atoms with Gasteiger partial charge in [0.15, 0.2) is 11.4 Å². The fourth-order valence-corrected chi connectivity index (χ4v) is 2.03. The lowest BCUT2D eigenvalue weighted by atomic mass is 10.0. The molecule has 1 saturated heterocycles. The molecule has 66 valence electrons. The molecule has 0 aliphatic carbocycles. The topological polar surface area (TPSA) is 25.2 Å². The maximum atomic E-state index is 14.0. The molecular weight excluding hydrogens is 225 g/mol. The molecule has 12 heavy (non-hydrogen) atoms. The fraction of sp³-hybridized carbons (Fsp3) is 0.500. The standard InChI is InChI=1S/C8H9BrFNO/c9-6-1-4-12-7(6)8(10)2-3-11-5-8/h1,4,11H,2-3,5H2. The molecule has 0 aromatic carbocycles. The lowest BCUT2D eigenvalue weighted by molar-refractivity contribution is 0.153. The number of alkyl halides is 1. The second-order valence-corrected chi connectivity index (χ2v) is 3.84. The molecule has 4 heteroatoms. The van der Waals surface area contributed by atoms with E-state index in [0.29, 0.717) is 29.7 Å². The van der Waals surface area contributed by atoms with E-state index in [-0.39, 0.29) is 0 Å². The molecule has 1 aliphatic heterocycles. The average molecular weight is 234 g/mol. The van der Waals surface area contributed by atoms with E-state index in [9.17, 15) is 4.39 Å². The molecule has 0 saturated carbocycles. The summed E-state index contributed by atoms with van der Waals surface area (Å²) in [7, 11) is 0. The van der Waals surface area contributed by atoms with E-state index in [2.05, 4.69) is 21.2 Å². The number of halogens is 2. The predicted octanol–water partition coefficient (Wildman–Crippen LogP) is 2.20. The minimum atomic E-state index is -1.32. The maximum Gasteiger partial charge on any atom is 0.182 e. The minimum Gasteiger partial charge on any atom is -0.465 e. The summed E-state index contributed by atoms with van der Waals surface area (Å²) in [6.45, 7) is 1.06. The third-order valence-corrected chi connectivity index (χ3v) is 2.75. The van der Waals surface area contributed by atoms with Crippen LogP contribution in [0.1, 0.15) is 12.2 Å². The molecule has 1 aromatic rings. The van der Waals surface area contributed by atoms with Gasteiger partial charge in [-0.2, -0.15) is 0 Å². The molecule has 2 nitrogen and oxygen atoms in total. The summed E-state index contributed by atoms with van der Waals surface area (Å²) in [6, 6.07) is 1.72. The molecule has 1 fully saturated rings. The zero-order chi connectivity index (χ0) is 8.60. The average Bonchev–Trinajstić information content (AvgIpc) is 2.59. The van der Waals surface area contributed by atoms with Crippen molar-refractivity contribution in [1.82, 2.24) is 5.32 Å². The van der Waals surface area contributed by atoms with Crippen LogP contribution >= 0.6 is 15.9 Å². The Morgan fingerprint density at radius 3 is 3.00 bits per heavy atom. The summed E-state index contributed by atoms with van der Waals surface area (Å²) in [6.07, 6.45) is 1.98. The van der Waals surface area contributed by atoms with Gasteiger partial charge in [-0.15, -0.1) is 0 Å². The molecule has 1 aromatic heterocycles. The van der Waals surface area contributed by atoms with Gasteiger partial charge in [0.2, 0.25) is 0 Å². The van der Waals surface area contributed by atoms with Crippen LogP contribution in [0.4, 0.5) is 4.39 Å². The van der Waals surface area contributed by atoms with E-state index in [1.54, 1.807) is 6.07 Å². The van der Waals surface area contributed by atoms with Crippen LogP contribution in [-0.2, 0) is 5.67 Å². The van der Waals surface area contributed by atoms with Gasteiger partial charge in [-0.05, 0) is 28.5 Å². The first-order valence-corrected chi connectivity index (χ1v) is 4.65. The number of nitrogens with one attached hydrogen (secondary N) is 1. The molecule has 2 rings (SSSR count). The van der Waals surface area contributed by atoms with Crippen LogP contribution in [-0.4, -0.2) is 13.1 Å². The Bertz CT molecular complexity index is 280. The first kappa shape index (κ1) is 8.26. The number of hydrogen-bond acceptors (Lipinski definition) is 2. The number of rotatable bonds is 1. The van der Waals surface area contributed by atoms with Gasteiger partial charge in [-0.25, -0.2) is 4.39 Å². The highest BCUT2D eigenvalue weighted by Crippen LogP contribution is 2.37. The van der Waals surface area contributed by atoms with Crippen molar-refractivity contribution in [3.05, 3.63) is 22.6 Å². The maximum absolute atomic E-state index is 14.0. The highest BCUT2D eigenvalue weighted by Gasteiger charge is 2.39. The van der Waals surface area contributed by atoms with Gasteiger partial charge >= 0.3 is 0 Å². The smallest absolute Gasteiger partial charge is 0.182 e. The van der Waals surface area contributed by atoms with Crippen molar-refractivity contribution < 1.29 is 8.81 Å². The molecule has 0 radical (unpaired) electrons. The van der Waals surface area contributed by atoms with Gasteiger partial charge in [0.25, 0.3) is 0 Å². The lowest BCUT2D eigenvalue weighted by Gasteiger charge is -2.15. The van der Waals surface area contributed by atoms with Crippen molar-refractivity contribution in [3.8, 4) is 0 Å². The molecule has 0 bridgehead atoms. The Kier molecular flexibility index (Phi) is 1.96. The first-order chi connectivity index (χ1) is 5.72. The molecule has 1 unspecified atom stereocenters. The van der Waals surface area contributed by atoms with E-state index in [4.69, 9.17) is 4.42 Å². The van der Waals surface area contributed by atoms with Gasteiger partial charge in [-0.3, -0.25) is 0 Å². The quantitative estimate of drug-likeness (QED) is 0.805. The Balaban J connectivity index is 2.34. The Morgan fingerprint density at radius 1 is 1.67 bits per heavy atom. The van der Waals surface area contributed by atoms with Crippen LogP contribution in [0.25, 0.3) is 0 Å². The summed E-state index contributed by atoms with van der Waals surface area (Å²) in [5.74, 6) is 0.410. The minimum absolute atomic E-state index is 0.346. The van der Waals surface area contributed by atoms with Crippen LogP contribution < -0.4 is 5.32 Å². The van der Waals surface area contributed by atoms with E-state index in [1.807, 2.05) is 0 Å². The van der Waals surface area contributed by atoms with Crippen LogP contribution in [0.15, 0.2) is 21.2 Å². The van der Waals surface area contributed by atoms with E-state index in [1.165, 1.54) is 6.26 Å². The Hall–Kier alpha value is -0.350. The highest BCUT2D eigenvalue weighted by atomic mass is 79.9. The monoisotopic (exact) mass is 233 g/mol. The molecule has 0 spiro atoms. The van der Waals surface area contributed by atoms with Gasteiger partial charge in [-0.1, -0.05) is 0 Å². The van der Waals surface area contributed by atoms with Crippen molar-refractivity contribution in [2.45, 2.75) is 12.1 Å². The van der Waals surface area contributed by atoms with Crippen molar-refractivity contribution in [1.29, 1.82) is 0 Å². The van der Waals surface area contributed by atoms with Crippen LogP contribution in [0, 0.1) is 0 Å². The number of furan rings is 1. The molecule has 1 atom stereocenters. The SMILES string of the molecule is FC1(c2occc2Br)CCNC1. The summed E-state index contributed by atoms with van der Waals surface area (Å²) >= 11 is 3.25. The number of hydrogen-bond donors (Lipinski definition) is 1. The summed E-state index contributed by atoms with van der Waals surface area (Å²) in [5.41, 5.74) is -1.32. The van der Waals surface area contributed by atoms with Crippen molar-refractivity contribution in [2.75, 3.05) is 13.1 Å². The van der Waals surface area contributed by atoms with Crippen molar-refractivity contribution >= 4 is 15.9 Å². The first-order valence-electron chi connectivity index (χ1n) is 3.85. The third-order valence-electron chi connectivity index (χ3n) is 2.13. The lowest BCUT2D eigenvalue weighted by Crippen LogP contribution is -2.22. The van der Waals surface area contributed by atoms with Gasteiger partial charge in [0.1, 0.15) is 0 Å². The molecule has 2 heterocycles. The third kappa shape index (κ3) is 1.19. The normalized spacial score (nSPS) is 29.5.